The summed E-state index contributed by atoms with van der Waals surface area (Å²) in [4.78, 5) is 12.0. The van der Waals surface area contributed by atoms with E-state index in [4.69, 9.17) is 11.6 Å². The highest BCUT2D eigenvalue weighted by Crippen LogP contribution is 2.21. The van der Waals surface area contributed by atoms with Gasteiger partial charge in [0.25, 0.3) is 0 Å². The highest BCUT2D eigenvalue weighted by molar-refractivity contribution is 6.33. The number of hydrogen-bond acceptors (Lipinski definition) is 2. The van der Waals surface area contributed by atoms with Gasteiger partial charge < -0.3 is 10.6 Å². The molecule has 2 N–H and O–H groups in total. The zero-order valence-electron chi connectivity index (χ0n) is 11.2. The number of nitrogens with one attached hydrogen (secondary N) is 2. The summed E-state index contributed by atoms with van der Waals surface area (Å²) >= 11 is 5.95. The van der Waals surface area contributed by atoms with Crippen molar-refractivity contribution in [2.45, 2.75) is 13.0 Å². The number of halogens is 3. The summed E-state index contributed by atoms with van der Waals surface area (Å²) in [6, 6.07) is 9.53. The molecule has 3 nitrogen and oxygen atoms in total. The summed E-state index contributed by atoms with van der Waals surface area (Å²) in [6.45, 7) is 1.60. The Morgan fingerprint density at radius 1 is 1.14 bits per heavy atom. The first-order valence-electron chi connectivity index (χ1n) is 6.24. The van der Waals surface area contributed by atoms with Gasteiger partial charge in [-0.2, -0.15) is 0 Å². The first kappa shape index (κ1) is 15.3. The Hall–Kier alpha value is -2.14. The highest BCUT2D eigenvalue weighted by atomic mass is 35.5. The van der Waals surface area contributed by atoms with Gasteiger partial charge in [0.05, 0.1) is 10.7 Å². The molecule has 6 heteroatoms. The maximum Gasteiger partial charge on any atom is 0.246 e. The molecule has 21 heavy (non-hydrogen) atoms. The zero-order chi connectivity index (χ0) is 15.4. The Bertz CT molecular complexity index is 664. The summed E-state index contributed by atoms with van der Waals surface area (Å²) < 4.78 is 25.9. The van der Waals surface area contributed by atoms with Gasteiger partial charge in [0, 0.05) is 11.8 Å². The van der Waals surface area contributed by atoms with Crippen LogP contribution >= 0.6 is 11.6 Å². The first-order chi connectivity index (χ1) is 9.97. The maximum absolute atomic E-state index is 13.1. The summed E-state index contributed by atoms with van der Waals surface area (Å²) in [6.07, 6.45) is 0. The first-order valence-corrected chi connectivity index (χ1v) is 6.62. The molecule has 0 aromatic heterocycles. The van der Waals surface area contributed by atoms with Crippen molar-refractivity contribution < 1.29 is 13.6 Å². The molecule has 110 valence electrons. The number of carbonyl (C=O) groups excluding carboxylic acids is 1. The number of anilines is 2. The van der Waals surface area contributed by atoms with Gasteiger partial charge in [-0.15, -0.1) is 0 Å². The quantitative estimate of drug-likeness (QED) is 0.894. The van der Waals surface area contributed by atoms with Crippen LogP contribution in [-0.2, 0) is 4.79 Å². The van der Waals surface area contributed by atoms with Gasteiger partial charge in [0.2, 0.25) is 5.91 Å². The molecule has 0 heterocycles. The molecule has 0 radical (unpaired) electrons. The average Bonchev–Trinajstić information content (AvgIpc) is 2.45. The minimum Gasteiger partial charge on any atom is -0.374 e. The average molecular weight is 311 g/mol. The van der Waals surface area contributed by atoms with Gasteiger partial charge in [0.1, 0.15) is 6.04 Å². The number of rotatable bonds is 4. The van der Waals surface area contributed by atoms with Crippen molar-refractivity contribution in [3.05, 3.63) is 59.1 Å². The van der Waals surface area contributed by atoms with Gasteiger partial charge >= 0.3 is 0 Å². The molecule has 0 aliphatic heterocycles. The fraction of sp³-hybridized carbons (Fsp3) is 0.133. The zero-order valence-corrected chi connectivity index (χ0v) is 11.9. The van der Waals surface area contributed by atoms with Crippen LogP contribution in [0.15, 0.2) is 42.5 Å². The molecule has 0 spiro atoms. The third-order valence-corrected chi connectivity index (χ3v) is 3.16. The second kappa shape index (κ2) is 6.54. The number of hydrogen-bond donors (Lipinski definition) is 2. The lowest BCUT2D eigenvalue weighted by molar-refractivity contribution is -0.116. The van der Waals surface area contributed by atoms with E-state index in [0.717, 1.165) is 12.1 Å². The van der Waals surface area contributed by atoms with E-state index in [-0.39, 0.29) is 5.91 Å². The van der Waals surface area contributed by atoms with Gasteiger partial charge in [-0.1, -0.05) is 23.7 Å². The molecule has 2 rings (SSSR count). The van der Waals surface area contributed by atoms with Crippen molar-refractivity contribution in [1.29, 1.82) is 0 Å². The third kappa shape index (κ3) is 3.92. The Morgan fingerprint density at radius 2 is 1.86 bits per heavy atom. The SMILES string of the molecule is CC(Nc1ccc(F)c(F)c1)C(=O)Nc1ccccc1Cl. The predicted molar refractivity (Wildman–Crippen MR) is 79.5 cm³/mol. The molecule has 0 aliphatic rings. The Labute approximate surface area is 125 Å². The van der Waals surface area contributed by atoms with Crippen molar-refractivity contribution in [3.63, 3.8) is 0 Å². The van der Waals surface area contributed by atoms with Crippen molar-refractivity contribution in [3.8, 4) is 0 Å². The van der Waals surface area contributed by atoms with Crippen molar-refractivity contribution in [2.24, 2.45) is 0 Å². The van der Waals surface area contributed by atoms with Gasteiger partial charge in [-0.25, -0.2) is 8.78 Å². The van der Waals surface area contributed by atoms with Gasteiger partial charge in [-0.3, -0.25) is 4.79 Å². The smallest absolute Gasteiger partial charge is 0.246 e. The second-order valence-electron chi connectivity index (χ2n) is 4.46. The van der Waals surface area contributed by atoms with E-state index in [1.165, 1.54) is 6.07 Å². The molecule has 0 fully saturated rings. The molecule has 1 amide bonds. The number of carbonyl (C=O) groups is 1. The molecule has 1 unspecified atom stereocenters. The van der Waals surface area contributed by atoms with Crippen LogP contribution in [0.2, 0.25) is 5.02 Å². The van der Waals surface area contributed by atoms with E-state index in [0.29, 0.717) is 16.4 Å². The van der Waals surface area contributed by atoms with Crippen LogP contribution in [0.1, 0.15) is 6.92 Å². The van der Waals surface area contributed by atoms with Crippen LogP contribution in [0.5, 0.6) is 0 Å². The van der Waals surface area contributed by atoms with Crippen LogP contribution in [0.25, 0.3) is 0 Å². The molecular weight excluding hydrogens is 298 g/mol. The highest BCUT2D eigenvalue weighted by Gasteiger charge is 2.14. The maximum atomic E-state index is 13.1. The minimum atomic E-state index is -0.973. The molecule has 0 bridgehead atoms. The van der Waals surface area contributed by atoms with Crippen molar-refractivity contribution >= 4 is 28.9 Å². The minimum absolute atomic E-state index is 0.315. The van der Waals surface area contributed by atoms with E-state index in [9.17, 15) is 13.6 Å². The summed E-state index contributed by atoms with van der Waals surface area (Å²) in [5.74, 6) is -2.25. The van der Waals surface area contributed by atoms with E-state index < -0.39 is 17.7 Å². The van der Waals surface area contributed by atoms with Gasteiger partial charge in [-0.05, 0) is 31.2 Å². The van der Waals surface area contributed by atoms with Crippen LogP contribution < -0.4 is 10.6 Å². The second-order valence-corrected chi connectivity index (χ2v) is 4.87. The molecule has 0 saturated carbocycles. The van der Waals surface area contributed by atoms with E-state index in [2.05, 4.69) is 10.6 Å². The third-order valence-electron chi connectivity index (χ3n) is 2.83. The van der Waals surface area contributed by atoms with E-state index in [1.54, 1.807) is 31.2 Å². The Balaban J connectivity index is 2.02. The summed E-state index contributed by atoms with van der Waals surface area (Å²) in [7, 11) is 0. The van der Waals surface area contributed by atoms with E-state index in [1.807, 2.05) is 0 Å². The lowest BCUT2D eigenvalue weighted by atomic mass is 10.2. The molecule has 0 aliphatic carbocycles. The summed E-state index contributed by atoms with van der Waals surface area (Å²) in [5.41, 5.74) is 0.804. The summed E-state index contributed by atoms with van der Waals surface area (Å²) in [5, 5.41) is 5.86. The standard InChI is InChI=1S/C15H13ClF2N2O/c1-9(19-10-6-7-12(17)13(18)8-10)15(21)20-14-5-3-2-4-11(14)16/h2-9,19H,1H3,(H,20,21). The Kier molecular flexibility index (Phi) is 4.75. The Morgan fingerprint density at radius 3 is 2.52 bits per heavy atom. The lowest BCUT2D eigenvalue weighted by Crippen LogP contribution is -2.32. The molecule has 2 aromatic carbocycles. The fourth-order valence-corrected chi connectivity index (χ4v) is 1.89. The van der Waals surface area contributed by atoms with Crippen LogP contribution in [0.4, 0.5) is 20.2 Å². The molecule has 2 aromatic rings. The van der Waals surface area contributed by atoms with Crippen molar-refractivity contribution in [1.82, 2.24) is 0 Å². The normalized spacial score (nSPS) is 11.8. The number of para-hydroxylation sites is 1. The number of amides is 1. The van der Waals surface area contributed by atoms with Crippen molar-refractivity contribution in [2.75, 3.05) is 10.6 Å². The van der Waals surface area contributed by atoms with Crippen LogP contribution in [0, 0.1) is 11.6 Å². The number of benzene rings is 2. The topological polar surface area (TPSA) is 41.1 Å². The predicted octanol–water partition coefficient (Wildman–Crippen LogP) is 4.06. The molecular formula is C15H13ClF2N2O. The van der Waals surface area contributed by atoms with Gasteiger partial charge in [0.15, 0.2) is 11.6 Å². The lowest BCUT2D eigenvalue weighted by Gasteiger charge is -2.16. The fourth-order valence-electron chi connectivity index (χ4n) is 1.71. The molecule has 1 atom stereocenters. The van der Waals surface area contributed by atoms with Crippen LogP contribution in [-0.4, -0.2) is 11.9 Å². The largest absolute Gasteiger partial charge is 0.374 e. The monoisotopic (exact) mass is 310 g/mol. The van der Waals surface area contributed by atoms with E-state index >= 15 is 0 Å². The molecule has 0 saturated heterocycles. The van der Waals surface area contributed by atoms with Crippen LogP contribution in [0.3, 0.4) is 0 Å².